The lowest BCUT2D eigenvalue weighted by Crippen LogP contribution is -2.25. The quantitative estimate of drug-likeness (QED) is 0.394. The van der Waals surface area contributed by atoms with E-state index in [0.717, 1.165) is 11.3 Å². The van der Waals surface area contributed by atoms with Crippen molar-refractivity contribution >= 4 is 11.6 Å². The van der Waals surface area contributed by atoms with Crippen molar-refractivity contribution in [3.05, 3.63) is 94.6 Å². The number of aromatic nitrogens is 4. The highest BCUT2D eigenvalue weighted by molar-refractivity contribution is 5.94. The Hall–Kier alpha value is -4.27. The molecule has 0 saturated heterocycles. The Morgan fingerprint density at radius 2 is 2.03 bits per heavy atom. The molecule has 0 saturated carbocycles. The van der Waals surface area contributed by atoms with Gasteiger partial charge in [-0.2, -0.15) is 5.10 Å². The molecule has 9 heteroatoms. The van der Waals surface area contributed by atoms with Crippen molar-refractivity contribution < 1.29 is 9.72 Å². The zero-order chi connectivity index (χ0) is 21.1. The van der Waals surface area contributed by atoms with Crippen LogP contribution < -0.4 is 5.32 Å². The fourth-order valence-electron chi connectivity index (χ4n) is 3.11. The monoisotopic (exact) mass is 402 g/mol. The molecular formula is C21H18N6O3. The lowest BCUT2D eigenvalue weighted by atomic mass is 10.2. The molecule has 1 N–H and O–H groups in total. The van der Waals surface area contributed by atoms with E-state index in [-0.39, 0.29) is 17.3 Å². The van der Waals surface area contributed by atoms with Gasteiger partial charge >= 0.3 is 0 Å². The first-order valence-electron chi connectivity index (χ1n) is 9.16. The molecule has 3 heterocycles. The topological polar surface area (TPSA) is 108 Å². The number of hydrogen-bond acceptors (Lipinski definition) is 5. The SMILES string of the molecule is Cn1cccc1-c1cc(C(=O)NCc2cccnc2)n(-c2cccc([N+](=O)[O-])c2)n1. The van der Waals surface area contributed by atoms with Crippen LogP contribution in [-0.2, 0) is 13.6 Å². The molecular weight excluding hydrogens is 384 g/mol. The number of nitro groups is 1. The first-order chi connectivity index (χ1) is 14.5. The molecule has 4 rings (SSSR count). The summed E-state index contributed by atoms with van der Waals surface area (Å²) < 4.78 is 3.31. The number of carbonyl (C=O) groups excluding carboxylic acids is 1. The summed E-state index contributed by atoms with van der Waals surface area (Å²) in [5.41, 5.74) is 2.88. The van der Waals surface area contributed by atoms with Gasteiger partial charge in [0.05, 0.1) is 16.3 Å². The van der Waals surface area contributed by atoms with E-state index in [9.17, 15) is 14.9 Å². The lowest BCUT2D eigenvalue weighted by molar-refractivity contribution is -0.384. The van der Waals surface area contributed by atoms with Crippen LogP contribution in [0.25, 0.3) is 17.1 Å². The van der Waals surface area contributed by atoms with Gasteiger partial charge in [-0.1, -0.05) is 12.1 Å². The van der Waals surface area contributed by atoms with Gasteiger partial charge in [0, 0.05) is 44.3 Å². The van der Waals surface area contributed by atoms with E-state index in [1.165, 1.54) is 16.8 Å². The minimum absolute atomic E-state index is 0.0786. The molecule has 3 aromatic heterocycles. The van der Waals surface area contributed by atoms with Gasteiger partial charge in [-0.25, -0.2) is 4.68 Å². The number of nitrogens with one attached hydrogen (secondary N) is 1. The zero-order valence-corrected chi connectivity index (χ0v) is 16.1. The van der Waals surface area contributed by atoms with Crippen LogP contribution in [0.5, 0.6) is 0 Å². The van der Waals surface area contributed by atoms with Gasteiger partial charge in [0.25, 0.3) is 11.6 Å². The Kier molecular flexibility index (Phi) is 5.08. The fraction of sp³-hybridized carbons (Fsp3) is 0.0952. The highest BCUT2D eigenvalue weighted by Gasteiger charge is 2.20. The van der Waals surface area contributed by atoms with E-state index in [2.05, 4.69) is 15.4 Å². The third kappa shape index (κ3) is 3.81. The number of non-ortho nitro benzene ring substituents is 1. The summed E-state index contributed by atoms with van der Waals surface area (Å²) in [5.74, 6) is -0.349. The van der Waals surface area contributed by atoms with E-state index in [1.807, 2.05) is 36.0 Å². The van der Waals surface area contributed by atoms with Crippen LogP contribution in [0.1, 0.15) is 16.1 Å². The largest absolute Gasteiger partial charge is 0.349 e. The highest BCUT2D eigenvalue weighted by Crippen LogP contribution is 2.24. The lowest BCUT2D eigenvalue weighted by Gasteiger charge is -2.08. The second-order valence-corrected chi connectivity index (χ2v) is 6.65. The molecule has 0 unspecified atom stereocenters. The second-order valence-electron chi connectivity index (χ2n) is 6.65. The summed E-state index contributed by atoms with van der Waals surface area (Å²) >= 11 is 0. The summed E-state index contributed by atoms with van der Waals surface area (Å²) in [6.45, 7) is 0.298. The molecule has 0 spiro atoms. The number of aryl methyl sites for hydroxylation is 1. The van der Waals surface area contributed by atoms with Crippen molar-refractivity contribution in [3.63, 3.8) is 0 Å². The summed E-state index contributed by atoms with van der Waals surface area (Å²) in [7, 11) is 1.88. The van der Waals surface area contributed by atoms with E-state index in [1.54, 1.807) is 36.7 Å². The first kappa shape index (κ1) is 19.1. The molecule has 0 aliphatic rings. The molecule has 0 aliphatic heterocycles. The van der Waals surface area contributed by atoms with Crippen molar-refractivity contribution in [2.45, 2.75) is 6.54 Å². The summed E-state index contributed by atoms with van der Waals surface area (Å²) in [5, 5.41) is 18.6. The molecule has 30 heavy (non-hydrogen) atoms. The summed E-state index contributed by atoms with van der Waals surface area (Å²) in [6, 6.07) is 15.1. The third-order valence-electron chi connectivity index (χ3n) is 4.61. The summed E-state index contributed by atoms with van der Waals surface area (Å²) in [4.78, 5) is 27.7. The smallest absolute Gasteiger partial charge is 0.271 e. The first-order valence-corrected chi connectivity index (χ1v) is 9.16. The van der Waals surface area contributed by atoms with Crippen LogP contribution in [0.3, 0.4) is 0 Å². The Bertz CT molecular complexity index is 1210. The molecule has 0 aliphatic carbocycles. The molecule has 1 aromatic carbocycles. The van der Waals surface area contributed by atoms with Crippen molar-refractivity contribution in [3.8, 4) is 17.1 Å². The van der Waals surface area contributed by atoms with E-state index in [4.69, 9.17) is 0 Å². The van der Waals surface area contributed by atoms with E-state index in [0.29, 0.717) is 17.9 Å². The average Bonchev–Trinajstić information content (AvgIpc) is 3.39. The van der Waals surface area contributed by atoms with Crippen LogP contribution in [-0.4, -0.2) is 30.2 Å². The molecule has 0 bridgehead atoms. The highest BCUT2D eigenvalue weighted by atomic mass is 16.6. The zero-order valence-electron chi connectivity index (χ0n) is 16.1. The maximum atomic E-state index is 13.0. The molecule has 9 nitrogen and oxygen atoms in total. The van der Waals surface area contributed by atoms with Gasteiger partial charge in [-0.05, 0) is 35.9 Å². The van der Waals surface area contributed by atoms with Crippen LogP contribution in [0.2, 0.25) is 0 Å². The van der Waals surface area contributed by atoms with E-state index < -0.39 is 4.92 Å². The minimum Gasteiger partial charge on any atom is -0.349 e. The van der Waals surface area contributed by atoms with Crippen LogP contribution >= 0.6 is 0 Å². The molecule has 1 amide bonds. The number of nitrogens with zero attached hydrogens (tertiary/aromatic N) is 5. The Labute approximate surface area is 171 Å². The predicted molar refractivity (Wildman–Crippen MR) is 110 cm³/mol. The molecule has 0 fully saturated rings. The number of carbonyl (C=O) groups is 1. The van der Waals surface area contributed by atoms with Gasteiger partial charge in [-0.3, -0.25) is 19.9 Å². The van der Waals surface area contributed by atoms with E-state index >= 15 is 0 Å². The summed E-state index contributed by atoms with van der Waals surface area (Å²) in [6.07, 6.45) is 5.21. The van der Waals surface area contributed by atoms with Crippen LogP contribution in [0.15, 0.2) is 73.2 Å². The number of benzene rings is 1. The Morgan fingerprint density at radius 1 is 1.17 bits per heavy atom. The Balaban J connectivity index is 1.73. The fourth-order valence-corrected chi connectivity index (χ4v) is 3.11. The Morgan fingerprint density at radius 3 is 2.73 bits per heavy atom. The molecule has 0 atom stereocenters. The second kappa shape index (κ2) is 8.00. The van der Waals surface area contributed by atoms with Gasteiger partial charge < -0.3 is 9.88 Å². The van der Waals surface area contributed by atoms with Gasteiger partial charge in [0.15, 0.2) is 0 Å². The number of hydrogen-bond donors (Lipinski definition) is 1. The molecule has 0 radical (unpaired) electrons. The van der Waals surface area contributed by atoms with Crippen molar-refractivity contribution in [1.29, 1.82) is 0 Å². The number of nitro benzene ring substituents is 1. The maximum absolute atomic E-state index is 13.0. The van der Waals surface area contributed by atoms with Crippen molar-refractivity contribution in [1.82, 2.24) is 24.6 Å². The number of rotatable bonds is 6. The van der Waals surface area contributed by atoms with Gasteiger partial charge in [-0.15, -0.1) is 0 Å². The van der Waals surface area contributed by atoms with Gasteiger partial charge in [0.1, 0.15) is 11.4 Å². The van der Waals surface area contributed by atoms with Crippen LogP contribution in [0.4, 0.5) is 5.69 Å². The molecule has 4 aromatic rings. The third-order valence-corrected chi connectivity index (χ3v) is 4.61. The minimum atomic E-state index is -0.479. The van der Waals surface area contributed by atoms with Crippen molar-refractivity contribution in [2.75, 3.05) is 0 Å². The predicted octanol–water partition coefficient (Wildman–Crippen LogP) is 3.11. The average molecular weight is 402 g/mol. The van der Waals surface area contributed by atoms with Crippen molar-refractivity contribution in [2.24, 2.45) is 7.05 Å². The number of pyridine rings is 1. The van der Waals surface area contributed by atoms with Crippen LogP contribution in [0, 0.1) is 10.1 Å². The molecule has 150 valence electrons. The maximum Gasteiger partial charge on any atom is 0.271 e. The standard InChI is InChI=1S/C21H18N6O3/c1-25-10-4-8-19(25)18-12-20(21(28)23-14-15-5-3-9-22-13-15)26(24-18)16-6-2-7-17(11-16)27(29)30/h2-13H,14H2,1H3,(H,23,28). The van der Waals surface area contributed by atoms with Gasteiger partial charge in [0.2, 0.25) is 0 Å². The number of amides is 1. The normalized spacial score (nSPS) is 10.7.